The number of hydrogen-bond donors (Lipinski definition) is 1. The van der Waals surface area contributed by atoms with E-state index in [9.17, 15) is 9.90 Å². The first kappa shape index (κ1) is 17.5. The minimum absolute atomic E-state index is 0.0240. The van der Waals surface area contributed by atoms with Gasteiger partial charge >= 0.3 is 0 Å². The molecule has 0 bridgehead atoms. The zero-order chi connectivity index (χ0) is 18.0. The van der Waals surface area contributed by atoms with E-state index in [4.69, 9.17) is 4.74 Å². The lowest BCUT2D eigenvalue weighted by molar-refractivity contribution is -0.124. The highest BCUT2D eigenvalue weighted by Crippen LogP contribution is 2.69. The molecule has 4 saturated carbocycles. The Morgan fingerprint density at radius 3 is 2.80 bits per heavy atom. The number of ether oxygens (including phenoxy) is 1. The normalized spacial score (nSPS) is 48.3. The molecule has 4 rings (SSSR count). The minimum Gasteiger partial charge on any atom is -0.389 e. The maximum Gasteiger partial charge on any atom is 0.133 e. The summed E-state index contributed by atoms with van der Waals surface area (Å²) in [5.41, 5.74) is 2.57. The Morgan fingerprint density at radius 2 is 2.20 bits per heavy atom. The molecule has 0 amide bonds. The number of aliphatic hydroxyl groups is 1. The van der Waals surface area contributed by atoms with E-state index in [2.05, 4.69) is 19.6 Å². The van der Waals surface area contributed by atoms with Crippen molar-refractivity contribution in [1.29, 1.82) is 0 Å². The molecule has 138 valence electrons. The van der Waals surface area contributed by atoms with Crippen LogP contribution in [0.25, 0.3) is 0 Å². The van der Waals surface area contributed by atoms with Gasteiger partial charge < -0.3 is 9.84 Å². The first-order chi connectivity index (χ1) is 11.8. The van der Waals surface area contributed by atoms with Crippen molar-refractivity contribution in [2.45, 2.75) is 71.0 Å². The van der Waals surface area contributed by atoms with Crippen LogP contribution in [0.1, 0.15) is 58.8 Å². The molecule has 0 aromatic carbocycles. The molecular weight excluding hydrogens is 312 g/mol. The highest BCUT2D eigenvalue weighted by atomic mass is 16.5. The summed E-state index contributed by atoms with van der Waals surface area (Å²) in [6.45, 7) is 8.31. The zero-order valence-electron chi connectivity index (χ0n) is 15.9. The second kappa shape index (κ2) is 5.79. The van der Waals surface area contributed by atoms with Gasteiger partial charge in [0.05, 0.1) is 12.2 Å². The van der Waals surface area contributed by atoms with Gasteiger partial charge in [-0.15, -0.1) is 0 Å². The summed E-state index contributed by atoms with van der Waals surface area (Å²) in [5, 5.41) is 10.2. The van der Waals surface area contributed by atoms with Crippen LogP contribution in [0.3, 0.4) is 0 Å². The number of aliphatic hydroxyl groups excluding tert-OH is 1. The predicted molar refractivity (Wildman–Crippen MR) is 98.0 cm³/mol. The summed E-state index contributed by atoms with van der Waals surface area (Å²) in [7, 11) is 1.79. The Labute approximate surface area is 151 Å². The SMILES string of the molecule is C=C1[C@H](O)CC2CC12C(C=C1CCC[C@]2(C)[C@@H](C(C)=O)CC[C@@H]12)OC. The van der Waals surface area contributed by atoms with Gasteiger partial charge in [-0.2, -0.15) is 0 Å². The van der Waals surface area contributed by atoms with E-state index in [1.54, 1.807) is 14.0 Å². The van der Waals surface area contributed by atoms with Crippen LogP contribution in [0.4, 0.5) is 0 Å². The Kier molecular flexibility index (Phi) is 4.05. The van der Waals surface area contributed by atoms with E-state index in [1.165, 1.54) is 12.0 Å². The van der Waals surface area contributed by atoms with Gasteiger partial charge in [-0.3, -0.25) is 4.79 Å². The fraction of sp³-hybridized carbons (Fsp3) is 0.773. The van der Waals surface area contributed by atoms with Gasteiger partial charge in [0.15, 0.2) is 0 Å². The summed E-state index contributed by atoms with van der Waals surface area (Å²) in [6.07, 6.45) is 9.59. The Balaban J connectivity index is 1.63. The average Bonchev–Trinajstić information content (AvgIpc) is 3.06. The van der Waals surface area contributed by atoms with Gasteiger partial charge in [0, 0.05) is 18.4 Å². The van der Waals surface area contributed by atoms with Crippen LogP contribution in [0.15, 0.2) is 23.8 Å². The van der Waals surface area contributed by atoms with E-state index in [1.807, 2.05) is 0 Å². The number of hydrogen-bond acceptors (Lipinski definition) is 3. The van der Waals surface area contributed by atoms with Crippen LogP contribution in [-0.2, 0) is 9.53 Å². The molecule has 0 aliphatic heterocycles. The molecule has 3 nitrogen and oxygen atoms in total. The van der Waals surface area contributed by atoms with Crippen molar-refractivity contribution >= 4 is 5.78 Å². The molecule has 0 spiro atoms. The van der Waals surface area contributed by atoms with E-state index >= 15 is 0 Å². The molecule has 4 aliphatic carbocycles. The molecule has 25 heavy (non-hydrogen) atoms. The third kappa shape index (κ3) is 2.35. The zero-order valence-corrected chi connectivity index (χ0v) is 15.9. The number of allylic oxidation sites excluding steroid dienone is 1. The number of rotatable bonds is 4. The molecule has 4 aliphatic rings. The fourth-order valence-corrected chi connectivity index (χ4v) is 6.82. The number of fused-ring (bicyclic) bond motifs is 2. The Hall–Kier alpha value is -0.930. The summed E-state index contributed by atoms with van der Waals surface area (Å²) < 4.78 is 5.94. The molecule has 0 saturated heterocycles. The molecule has 7 atom stereocenters. The highest BCUT2D eigenvalue weighted by Gasteiger charge is 2.66. The van der Waals surface area contributed by atoms with Crippen molar-refractivity contribution < 1.29 is 14.6 Å². The third-order valence-electron chi connectivity index (χ3n) is 8.24. The van der Waals surface area contributed by atoms with Gasteiger partial charge in [0.1, 0.15) is 5.78 Å². The fourth-order valence-electron chi connectivity index (χ4n) is 6.82. The molecule has 0 aromatic heterocycles. The van der Waals surface area contributed by atoms with Crippen LogP contribution in [0.2, 0.25) is 0 Å². The highest BCUT2D eigenvalue weighted by molar-refractivity contribution is 5.79. The largest absolute Gasteiger partial charge is 0.389 e. The summed E-state index contributed by atoms with van der Waals surface area (Å²) in [6, 6.07) is 0. The van der Waals surface area contributed by atoms with E-state index in [0.29, 0.717) is 17.6 Å². The van der Waals surface area contributed by atoms with E-state index < -0.39 is 0 Å². The van der Waals surface area contributed by atoms with E-state index in [0.717, 1.165) is 44.1 Å². The van der Waals surface area contributed by atoms with Gasteiger partial charge in [-0.05, 0) is 74.7 Å². The molecule has 1 N–H and O–H groups in total. The van der Waals surface area contributed by atoms with E-state index in [-0.39, 0.29) is 29.0 Å². The molecule has 0 aromatic rings. The number of Topliss-reactive ketones (excluding diaryl/α,β-unsaturated/α-hetero) is 1. The van der Waals surface area contributed by atoms with Crippen molar-refractivity contribution in [3.8, 4) is 0 Å². The third-order valence-corrected chi connectivity index (χ3v) is 8.24. The maximum absolute atomic E-state index is 12.2. The minimum atomic E-state index is -0.361. The number of carbonyl (C=O) groups excluding carboxylic acids is 1. The van der Waals surface area contributed by atoms with Crippen LogP contribution >= 0.6 is 0 Å². The van der Waals surface area contributed by atoms with Crippen molar-refractivity contribution in [2.75, 3.05) is 7.11 Å². The molecular formula is C22H32O3. The standard InChI is InChI=1S/C22H32O3/c1-13-19(24)11-16-12-22(13,16)20(25-4)10-15-6-5-9-21(3)17(14(2)23)7-8-18(15)21/h10,16-20,24H,1,5-9,11-12H2,2-4H3/t16?,17-,18+,19-,20?,21-,22?/m1/s1. The van der Waals surface area contributed by atoms with Crippen molar-refractivity contribution in [3.63, 3.8) is 0 Å². The van der Waals surface area contributed by atoms with Crippen LogP contribution < -0.4 is 0 Å². The van der Waals surface area contributed by atoms with Crippen LogP contribution in [-0.4, -0.2) is 30.2 Å². The van der Waals surface area contributed by atoms with Gasteiger partial charge in [-0.25, -0.2) is 0 Å². The Morgan fingerprint density at radius 1 is 1.44 bits per heavy atom. The topological polar surface area (TPSA) is 46.5 Å². The second-order valence-corrected chi connectivity index (χ2v) is 9.27. The quantitative estimate of drug-likeness (QED) is 0.782. The van der Waals surface area contributed by atoms with Gasteiger partial charge in [0.2, 0.25) is 0 Å². The summed E-state index contributed by atoms with van der Waals surface area (Å²) >= 11 is 0. The van der Waals surface area contributed by atoms with Gasteiger partial charge in [-0.1, -0.05) is 25.2 Å². The second-order valence-electron chi connectivity index (χ2n) is 9.27. The first-order valence-electron chi connectivity index (χ1n) is 9.95. The number of carbonyl (C=O) groups is 1. The summed E-state index contributed by atoms with van der Waals surface area (Å²) in [4.78, 5) is 12.2. The smallest absolute Gasteiger partial charge is 0.133 e. The van der Waals surface area contributed by atoms with Crippen molar-refractivity contribution in [2.24, 2.45) is 28.6 Å². The molecule has 4 fully saturated rings. The monoisotopic (exact) mass is 344 g/mol. The summed E-state index contributed by atoms with van der Waals surface area (Å²) in [5.74, 6) is 1.63. The molecule has 0 heterocycles. The van der Waals surface area contributed by atoms with Crippen LogP contribution in [0.5, 0.6) is 0 Å². The number of methoxy groups -OCH3 is 1. The maximum atomic E-state index is 12.2. The lowest BCUT2D eigenvalue weighted by Gasteiger charge is -2.42. The first-order valence-corrected chi connectivity index (χ1v) is 9.95. The van der Waals surface area contributed by atoms with Crippen molar-refractivity contribution in [1.82, 2.24) is 0 Å². The lowest BCUT2D eigenvalue weighted by Crippen LogP contribution is -2.37. The Bertz CT molecular complexity index is 635. The molecule has 3 unspecified atom stereocenters. The number of ketones is 1. The van der Waals surface area contributed by atoms with Gasteiger partial charge in [0.25, 0.3) is 0 Å². The lowest BCUT2D eigenvalue weighted by atomic mass is 9.62. The molecule has 0 radical (unpaired) electrons. The van der Waals surface area contributed by atoms with Crippen LogP contribution in [0, 0.1) is 28.6 Å². The van der Waals surface area contributed by atoms with Crippen molar-refractivity contribution in [3.05, 3.63) is 23.8 Å². The average molecular weight is 344 g/mol. The predicted octanol–water partition coefficient (Wildman–Crippen LogP) is 4.06. The molecule has 3 heteroatoms.